The third-order valence-corrected chi connectivity index (χ3v) is 4.64. The van der Waals surface area contributed by atoms with Crippen molar-refractivity contribution >= 4 is 23.2 Å². The van der Waals surface area contributed by atoms with Crippen LogP contribution in [-0.2, 0) is 0 Å². The van der Waals surface area contributed by atoms with Gasteiger partial charge in [0.1, 0.15) is 6.33 Å². The van der Waals surface area contributed by atoms with E-state index in [1.54, 1.807) is 29.1 Å². The van der Waals surface area contributed by atoms with Crippen LogP contribution in [0.15, 0.2) is 61.1 Å². The number of halogens is 1. The van der Waals surface area contributed by atoms with Crippen LogP contribution in [0, 0.1) is 0 Å². The fraction of sp³-hybridized carbons (Fsp3) is 0.150. The van der Waals surface area contributed by atoms with Gasteiger partial charge in [0, 0.05) is 10.7 Å². The van der Waals surface area contributed by atoms with Crippen molar-refractivity contribution in [3.8, 4) is 11.4 Å². The van der Waals surface area contributed by atoms with E-state index in [2.05, 4.69) is 25.9 Å². The fourth-order valence-corrected chi connectivity index (χ4v) is 3.21. The summed E-state index contributed by atoms with van der Waals surface area (Å²) >= 11 is 5.99. The van der Waals surface area contributed by atoms with Crippen molar-refractivity contribution in [3.05, 3.63) is 77.3 Å². The number of aromatic nitrogens is 6. The predicted octanol–water partition coefficient (Wildman–Crippen LogP) is 3.88. The first kappa shape index (κ1) is 18.8. The van der Waals surface area contributed by atoms with Crippen molar-refractivity contribution in [2.75, 3.05) is 5.32 Å². The van der Waals surface area contributed by atoms with Crippen LogP contribution in [-0.4, -0.2) is 35.9 Å². The number of benzene rings is 2. The molecule has 2 aromatic heterocycles. The molecule has 0 saturated heterocycles. The van der Waals surface area contributed by atoms with Crippen LogP contribution < -0.4 is 5.32 Å². The number of nitrogens with one attached hydrogen (secondary N) is 1. The second-order valence-corrected chi connectivity index (χ2v) is 7.18. The van der Waals surface area contributed by atoms with Gasteiger partial charge in [-0.15, -0.1) is 5.10 Å². The Balaban J connectivity index is 1.64. The number of carbonyl (C=O) groups is 1. The summed E-state index contributed by atoms with van der Waals surface area (Å²) in [6.45, 7) is 4.05. The maximum absolute atomic E-state index is 13.0. The first-order valence-corrected chi connectivity index (χ1v) is 9.39. The van der Waals surface area contributed by atoms with Crippen molar-refractivity contribution in [2.24, 2.45) is 0 Å². The van der Waals surface area contributed by atoms with Crippen LogP contribution in [0.1, 0.15) is 35.8 Å². The molecule has 8 nitrogen and oxygen atoms in total. The van der Waals surface area contributed by atoms with Gasteiger partial charge in [-0.1, -0.05) is 31.5 Å². The summed E-state index contributed by atoms with van der Waals surface area (Å²) in [5, 5.41) is 19.1. The van der Waals surface area contributed by atoms with E-state index in [4.69, 9.17) is 11.6 Å². The van der Waals surface area contributed by atoms with Gasteiger partial charge in [0.05, 0.1) is 28.8 Å². The lowest BCUT2D eigenvalue weighted by Crippen LogP contribution is -2.15. The maximum atomic E-state index is 13.0. The molecule has 2 aromatic carbocycles. The maximum Gasteiger partial charge on any atom is 0.259 e. The van der Waals surface area contributed by atoms with Gasteiger partial charge in [-0.2, -0.15) is 5.10 Å². The van der Waals surface area contributed by atoms with E-state index in [1.807, 2.05) is 44.2 Å². The Hall–Kier alpha value is -3.52. The number of hydrogen-bond donors (Lipinski definition) is 1. The SMILES string of the molecule is CC(C)c1c(C(=O)Nc2cccc(-n3cnnn3)c2)cnn1-c1ccc(Cl)cc1. The molecule has 0 spiro atoms. The molecule has 0 bridgehead atoms. The first-order chi connectivity index (χ1) is 14.0. The van der Waals surface area contributed by atoms with Crippen LogP contribution in [0.5, 0.6) is 0 Å². The van der Waals surface area contributed by atoms with Crippen molar-refractivity contribution in [1.82, 2.24) is 30.0 Å². The Morgan fingerprint density at radius 3 is 2.59 bits per heavy atom. The summed E-state index contributed by atoms with van der Waals surface area (Å²) in [6, 6.07) is 14.6. The fourth-order valence-electron chi connectivity index (χ4n) is 3.08. The standard InChI is InChI=1S/C20H18ClN7O/c1-13(2)19-18(11-23-28(19)16-8-6-14(21)7-9-16)20(29)24-15-4-3-5-17(10-15)27-12-22-25-26-27/h3-13H,1-2H3,(H,24,29). The highest BCUT2D eigenvalue weighted by Gasteiger charge is 2.21. The second kappa shape index (κ2) is 7.84. The minimum atomic E-state index is -0.234. The minimum Gasteiger partial charge on any atom is -0.322 e. The molecule has 1 amide bonds. The summed E-state index contributed by atoms with van der Waals surface area (Å²) in [5.74, 6) is -0.149. The first-order valence-electron chi connectivity index (χ1n) is 9.01. The summed E-state index contributed by atoms with van der Waals surface area (Å²) in [7, 11) is 0. The van der Waals surface area contributed by atoms with E-state index in [-0.39, 0.29) is 11.8 Å². The third-order valence-electron chi connectivity index (χ3n) is 4.39. The molecule has 4 rings (SSSR count). The van der Waals surface area contributed by atoms with Crippen LogP contribution in [0.25, 0.3) is 11.4 Å². The van der Waals surface area contributed by atoms with Crippen LogP contribution >= 0.6 is 11.6 Å². The van der Waals surface area contributed by atoms with E-state index in [0.29, 0.717) is 16.3 Å². The van der Waals surface area contributed by atoms with Crippen molar-refractivity contribution in [1.29, 1.82) is 0 Å². The third kappa shape index (κ3) is 3.88. The number of tetrazole rings is 1. The number of anilines is 1. The van der Waals surface area contributed by atoms with Crippen LogP contribution in [0.4, 0.5) is 5.69 Å². The van der Waals surface area contributed by atoms with E-state index in [0.717, 1.165) is 17.1 Å². The lowest BCUT2D eigenvalue weighted by atomic mass is 10.0. The summed E-state index contributed by atoms with van der Waals surface area (Å²) in [6.07, 6.45) is 3.08. The van der Waals surface area contributed by atoms with Crippen LogP contribution in [0.3, 0.4) is 0 Å². The predicted molar refractivity (Wildman–Crippen MR) is 110 cm³/mol. The number of hydrogen-bond acceptors (Lipinski definition) is 5. The molecule has 0 radical (unpaired) electrons. The molecule has 146 valence electrons. The highest BCUT2D eigenvalue weighted by molar-refractivity contribution is 6.30. The van der Waals surface area contributed by atoms with Crippen LogP contribution in [0.2, 0.25) is 5.02 Å². The Morgan fingerprint density at radius 2 is 1.90 bits per heavy atom. The highest BCUT2D eigenvalue weighted by atomic mass is 35.5. The number of amides is 1. The summed E-state index contributed by atoms with van der Waals surface area (Å²) < 4.78 is 3.29. The molecule has 29 heavy (non-hydrogen) atoms. The number of rotatable bonds is 5. The zero-order valence-corrected chi connectivity index (χ0v) is 16.6. The van der Waals surface area contributed by atoms with E-state index < -0.39 is 0 Å². The Labute approximate surface area is 172 Å². The largest absolute Gasteiger partial charge is 0.322 e. The molecular weight excluding hydrogens is 390 g/mol. The second-order valence-electron chi connectivity index (χ2n) is 6.75. The zero-order chi connectivity index (χ0) is 20.4. The number of nitrogens with zero attached hydrogens (tertiary/aromatic N) is 6. The smallest absolute Gasteiger partial charge is 0.259 e. The van der Waals surface area contributed by atoms with Gasteiger partial charge in [0.2, 0.25) is 0 Å². The normalized spacial score (nSPS) is 11.0. The molecule has 1 N–H and O–H groups in total. The molecule has 0 aliphatic heterocycles. The molecular formula is C20H18ClN7O. The molecule has 0 atom stereocenters. The topological polar surface area (TPSA) is 90.5 Å². The molecule has 0 saturated carbocycles. The van der Waals surface area contributed by atoms with Gasteiger partial charge in [0.15, 0.2) is 0 Å². The molecule has 2 heterocycles. The Morgan fingerprint density at radius 1 is 1.10 bits per heavy atom. The quantitative estimate of drug-likeness (QED) is 0.542. The van der Waals surface area contributed by atoms with E-state index >= 15 is 0 Å². The lowest BCUT2D eigenvalue weighted by Gasteiger charge is -2.13. The zero-order valence-electron chi connectivity index (χ0n) is 15.8. The van der Waals surface area contributed by atoms with Crippen molar-refractivity contribution in [3.63, 3.8) is 0 Å². The summed E-state index contributed by atoms with van der Waals surface area (Å²) in [5.41, 5.74) is 3.56. The Bertz CT molecular complexity index is 1130. The highest BCUT2D eigenvalue weighted by Crippen LogP contribution is 2.25. The van der Waals surface area contributed by atoms with Crippen molar-refractivity contribution < 1.29 is 4.79 Å². The molecule has 0 fully saturated rings. The molecule has 0 aliphatic rings. The minimum absolute atomic E-state index is 0.0847. The van der Waals surface area contributed by atoms with Gasteiger partial charge < -0.3 is 5.32 Å². The van der Waals surface area contributed by atoms with Gasteiger partial charge >= 0.3 is 0 Å². The van der Waals surface area contributed by atoms with Crippen molar-refractivity contribution in [2.45, 2.75) is 19.8 Å². The monoisotopic (exact) mass is 407 g/mol. The van der Waals surface area contributed by atoms with Gasteiger partial charge in [-0.25, -0.2) is 9.36 Å². The van der Waals surface area contributed by atoms with E-state index in [9.17, 15) is 4.79 Å². The molecule has 0 aliphatic carbocycles. The van der Waals surface area contributed by atoms with Gasteiger partial charge in [-0.05, 0) is 58.8 Å². The van der Waals surface area contributed by atoms with Gasteiger partial charge in [-0.3, -0.25) is 4.79 Å². The lowest BCUT2D eigenvalue weighted by molar-refractivity contribution is 0.102. The van der Waals surface area contributed by atoms with Gasteiger partial charge in [0.25, 0.3) is 5.91 Å². The molecule has 4 aromatic rings. The average molecular weight is 408 g/mol. The molecule has 9 heteroatoms. The average Bonchev–Trinajstić information content (AvgIpc) is 3.39. The molecule has 0 unspecified atom stereocenters. The van der Waals surface area contributed by atoms with E-state index in [1.165, 1.54) is 11.0 Å². The summed E-state index contributed by atoms with van der Waals surface area (Å²) in [4.78, 5) is 13.0. The Kier molecular flexibility index (Phi) is 5.09. The number of carbonyl (C=O) groups excluding carboxylic acids is 1.